The molecule has 3 heteroatoms. The van der Waals surface area contributed by atoms with Crippen molar-refractivity contribution in [2.24, 2.45) is 7.05 Å². The van der Waals surface area contributed by atoms with Gasteiger partial charge in [-0.05, 0) is 48.5 Å². The van der Waals surface area contributed by atoms with Crippen LogP contribution in [0.25, 0.3) is 76.8 Å². The van der Waals surface area contributed by atoms with E-state index in [-0.39, 0.29) is 0 Å². The van der Waals surface area contributed by atoms with Crippen LogP contribution >= 0.6 is 0 Å². The molecule has 0 radical (unpaired) electrons. The molecular weight excluding hydrogens is 486 g/mol. The van der Waals surface area contributed by atoms with E-state index in [0.717, 1.165) is 0 Å². The van der Waals surface area contributed by atoms with Gasteiger partial charge in [0.25, 0.3) is 0 Å². The van der Waals surface area contributed by atoms with E-state index in [1.54, 1.807) is 0 Å². The maximum atomic E-state index is 2.48. The van der Waals surface area contributed by atoms with Crippen LogP contribution < -0.4 is 0 Å². The van der Waals surface area contributed by atoms with E-state index < -0.39 is 0 Å². The van der Waals surface area contributed by atoms with Crippen molar-refractivity contribution in [1.29, 1.82) is 0 Å². The third-order valence-corrected chi connectivity index (χ3v) is 8.64. The summed E-state index contributed by atoms with van der Waals surface area (Å²) in [5, 5.41) is 7.62. The zero-order valence-corrected chi connectivity index (χ0v) is 22.0. The van der Waals surface area contributed by atoms with Gasteiger partial charge in [-0.2, -0.15) is 0 Å². The fourth-order valence-electron chi connectivity index (χ4n) is 6.91. The number of aryl methyl sites for hydroxylation is 1. The highest BCUT2D eigenvalue weighted by Crippen LogP contribution is 2.42. The highest BCUT2D eigenvalue weighted by Gasteiger charge is 2.21. The molecule has 0 bridgehead atoms. The largest absolute Gasteiger partial charge is 0.344 e. The third-order valence-electron chi connectivity index (χ3n) is 8.64. The maximum Gasteiger partial charge on any atom is 0.0788 e. The Labute approximate surface area is 230 Å². The molecule has 6 aromatic carbocycles. The topological polar surface area (TPSA) is 14.8 Å². The van der Waals surface area contributed by atoms with Gasteiger partial charge in [-0.15, -0.1) is 0 Å². The maximum absolute atomic E-state index is 2.48. The monoisotopic (exact) mass is 511 g/mol. The first-order valence-electron chi connectivity index (χ1n) is 13.8. The minimum Gasteiger partial charge on any atom is -0.344 e. The molecule has 0 aliphatic rings. The lowest BCUT2D eigenvalue weighted by atomic mass is 10.1. The third kappa shape index (κ3) is 2.73. The molecule has 3 aromatic heterocycles. The standard InChI is InChI=1S/C37H25N3/c1-38-32-16-8-5-15-28(32)31-23-25(19-22-33(31)38)40-35-18-10-7-14-27(35)30-21-20-29-26-13-6-9-17-34(26)39(36(29)37(30)40)24-11-3-2-4-12-24/h2-23H,1H3. The lowest BCUT2D eigenvalue weighted by Crippen LogP contribution is -1.98. The first-order valence-corrected chi connectivity index (χ1v) is 13.8. The van der Waals surface area contributed by atoms with Crippen LogP contribution in [0.15, 0.2) is 133 Å². The van der Waals surface area contributed by atoms with Gasteiger partial charge in [0.1, 0.15) is 0 Å². The summed E-state index contributed by atoms with van der Waals surface area (Å²) < 4.78 is 7.22. The summed E-state index contributed by atoms with van der Waals surface area (Å²) in [5.41, 5.74) is 9.75. The molecule has 9 rings (SSSR count). The van der Waals surface area contributed by atoms with Gasteiger partial charge in [-0.1, -0.05) is 84.9 Å². The molecule has 0 saturated carbocycles. The van der Waals surface area contributed by atoms with Crippen molar-refractivity contribution < 1.29 is 0 Å². The Bertz CT molecular complexity index is 2430. The Morgan fingerprint density at radius 2 is 0.825 bits per heavy atom. The number of aromatic nitrogens is 3. The van der Waals surface area contributed by atoms with Crippen molar-refractivity contribution in [3.05, 3.63) is 133 Å². The molecule has 0 N–H and O–H groups in total. The van der Waals surface area contributed by atoms with Gasteiger partial charge in [0.2, 0.25) is 0 Å². The van der Waals surface area contributed by atoms with Crippen molar-refractivity contribution in [3.63, 3.8) is 0 Å². The summed E-state index contributed by atoms with van der Waals surface area (Å²) in [4.78, 5) is 0. The quantitative estimate of drug-likeness (QED) is 0.219. The van der Waals surface area contributed by atoms with E-state index in [1.165, 1.54) is 76.8 Å². The molecule has 0 amide bonds. The first-order chi connectivity index (χ1) is 19.8. The number of benzene rings is 6. The van der Waals surface area contributed by atoms with E-state index in [4.69, 9.17) is 0 Å². The minimum atomic E-state index is 1.17. The molecule has 0 unspecified atom stereocenters. The Morgan fingerprint density at radius 1 is 0.350 bits per heavy atom. The fraction of sp³-hybridized carbons (Fsp3) is 0.0270. The normalized spacial score (nSPS) is 12.1. The number of hydrogen-bond donors (Lipinski definition) is 0. The first kappa shape index (κ1) is 21.6. The van der Waals surface area contributed by atoms with E-state index in [2.05, 4.69) is 154 Å². The Balaban J connectivity index is 1.51. The van der Waals surface area contributed by atoms with Crippen molar-refractivity contribution in [1.82, 2.24) is 13.7 Å². The molecule has 0 fully saturated rings. The average molecular weight is 512 g/mol. The van der Waals surface area contributed by atoms with Gasteiger partial charge in [-0.25, -0.2) is 0 Å². The zero-order valence-electron chi connectivity index (χ0n) is 22.0. The van der Waals surface area contributed by atoms with E-state index in [0.29, 0.717) is 0 Å². The van der Waals surface area contributed by atoms with Gasteiger partial charge in [0, 0.05) is 61.8 Å². The highest BCUT2D eigenvalue weighted by molar-refractivity contribution is 6.24. The van der Waals surface area contributed by atoms with Gasteiger partial charge in [-0.3, -0.25) is 0 Å². The van der Waals surface area contributed by atoms with Gasteiger partial charge < -0.3 is 13.7 Å². The molecule has 3 nitrogen and oxygen atoms in total. The van der Waals surface area contributed by atoms with Crippen LogP contribution in [0.1, 0.15) is 0 Å². The molecule has 188 valence electrons. The molecule has 0 atom stereocenters. The molecule has 0 spiro atoms. The predicted molar refractivity (Wildman–Crippen MR) is 169 cm³/mol. The van der Waals surface area contributed by atoms with Crippen molar-refractivity contribution in [3.8, 4) is 11.4 Å². The molecule has 0 aliphatic carbocycles. The smallest absolute Gasteiger partial charge is 0.0788 e. The lowest BCUT2D eigenvalue weighted by Gasteiger charge is -2.13. The van der Waals surface area contributed by atoms with Crippen LogP contribution in [0.4, 0.5) is 0 Å². The van der Waals surface area contributed by atoms with Crippen LogP contribution in [-0.2, 0) is 7.05 Å². The number of fused-ring (bicyclic) bond motifs is 10. The summed E-state index contributed by atoms with van der Waals surface area (Å²) in [6.07, 6.45) is 0. The zero-order chi connectivity index (χ0) is 26.4. The number of rotatable bonds is 2. The second-order valence-electron chi connectivity index (χ2n) is 10.7. The average Bonchev–Trinajstić information content (AvgIpc) is 3.63. The van der Waals surface area contributed by atoms with Gasteiger partial charge in [0.05, 0.1) is 22.1 Å². The van der Waals surface area contributed by atoms with Crippen molar-refractivity contribution in [2.45, 2.75) is 0 Å². The Morgan fingerprint density at radius 3 is 1.45 bits per heavy atom. The van der Waals surface area contributed by atoms with E-state index >= 15 is 0 Å². The van der Waals surface area contributed by atoms with Crippen LogP contribution in [0.3, 0.4) is 0 Å². The molecule has 0 aliphatic heterocycles. The summed E-state index contributed by atoms with van der Waals surface area (Å²) >= 11 is 0. The van der Waals surface area contributed by atoms with Crippen LogP contribution in [0.2, 0.25) is 0 Å². The SMILES string of the molecule is Cn1c2ccccc2c2cc(-n3c4ccccc4c4ccc5c6ccccc6n(-c6ccccc6)c5c43)ccc21. The minimum absolute atomic E-state index is 1.17. The summed E-state index contributed by atoms with van der Waals surface area (Å²) in [6.45, 7) is 0. The van der Waals surface area contributed by atoms with Crippen molar-refractivity contribution in [2.75, 3.05) is 0 Å². The Hall–Kier alpha value is -5.28. The fourth-order valence-corrected chi connectivity index (χ4v) is 6.91. The second kappa shape index (κ2) is 7.87. The highest BCUT2D eigenvalue weighted by atomic mass is 15.0. The molecular formula is C37H25N3. The molecule has 40 heavy (non-hydrogen) atoms. The number of hydrogen-bond acceptors (Lipinski definition) is 0. The molecule has 0 saturated heterocycles. The summed E-state index contributed by atoms with van der Waals surface area (Å²) in [6, 6.07) is 48.6. The van der Waals surface area contributed by atoms with E-state index in [9.17, 15) is 0 Å². The predicted octanol–water partition coefficient (Wildman–Crippen LogP) is 9.53. The second-order valence-corrected chi connectivity index (χ2v) is 10.7. The van der Waals surface area contributed by atoms with E-state index in [1.807, 2.05) is 0 Å². The van der Waals surface area contributed by atoms with Crippen LogP contribution in [-0.4, -0.2) is 13.7 Å². The Kier molecular flexibility index (Phi) is 4.26. The molecule has 3 heterocycles. The number of nitrogens with zero attached hydrogens (tertiary/aromatic N) is 3. The van der Waals surface area contributed by atoms with Gasteiger partial charge >= 0.3 is 0 Å². The van der Waals surface area contributed by atoms with Crippen molar-refractivity contribution >= 4 is 65.4 Å². The van der Waals surface area contributed by atoms with Crippen LogP contribution in [0, 0.1) is 0 Å². The van der Waals surface area contributed by atoms with Crippen LogP contribution in [0.5, 0.6) is 0 Å². The summed E-state index contributed by atoms with van der Waals surface area (Å²) in [7, 11) is 2.16. The van der Waals surface area contributed by atoms with Gasteiger partial charge in [0.15, 0.2) is 0 Å². The number of para-hydroxylation sites is 4. The lowest BCUT2D eigenvalue weighted by molar-refractivity contribution is 1.01. The summed E-state index contributed by atoms with van der Waals surface area (Å²) in [5.74, 6) is 0. The molecule has 9 aromatic rings.